The molecule has 10 nitrogen and oxygen atoms in total. The zero-order chi connectivity index (χ0) is 18.0. The predicted octanol–water partition coefficient (Wildman–Crippen LogP) is 1.17. The SMILES string of the molecule is CC1CN(c2nc(NCC3CCCO3)nc(N)c2[N+](=O)[O-])CC(C)O1. The van der Waals surface area contributed by atoms with Crippen molar-refractivity contribution in [1.82, 2.24) is 9.97 Å². The molecule has 1 aromatic heterocycles. The van der Waals surface area contributed by atoms with Gasteiger partial charge in [-0.25, -0.2) is 0 Å². The molecule has 3 rings (SSSR count). The number of morpholine rings is 1. The Morgan fingerprint density at radius 2 is 2.08 bits per heavy atom. The largest absolute Gasteiger partial charge is 0.378 e. The van der Waals surface area contributed by atoms with Crippen LogP contribution in [-0.2, 0) is 9.47 Å². The van der Waals surface area contributed by atoms with Crippen molar-refractivity contribution in [1.29, 1.82) is 0 Å². The highest BCUT2D eigenvalue weighted by molar-refractivity contribution is 5.71. The van der Waals surface area contributed by atoms with E-state index in [2.05, 4.69) is 15.3 Å². The van der Waals surface area contributed by atoms with E-state index in [1.807, 2.05) is 18.7 Å². The first-order valence-electron chi connectivity index (χ1n) is 8.51. The van der Waals surface area contributed by atoms with E-state index >= 15 is 0 Å². The van der Waals surface area contributed by atoms with Gasteiger partial charge in [0, 0.05) is 26.2 Å². The molecule has 2 fully saturated rings. The van der Waals surface area contributed by atoms with Crippen molar-refractivity contribution in [3.63, 3.8) is 0 Å². The van der Waals surface area contributed by atoms with E-state index in [1.165, 1.54) is 0 Å². The lowest BCUT2D eigenvalue weighted by molar-refractivity contribution is -0.383. The number of ether oxygens (including phenoxy) is 2. The molecule has 0 bridgehead atoms. The Morgan fingerprint density at radius 1 is 1.36 bits per heavy atom. The second-order valence-corrected chi connectivity index (χ2v) is 6.54. The van der Waals surface area contributed by atoms with Crippen LogP contribution in [0.2, 0.25) is 0 Å². The van der Waals surface area contributed by atoms with Crippen molar-refractivity contribution in [3.8, 4) is 0 Å². The minimum Gasteiger partial charge on any atom is -0.378 e. The molecule has 0 aliphatic carbocycles. The average Bonchev–Trinajstić information content (AvgIpc) is 3.04. The fraction of sp³-hybridized carbons (Fsp3) is 0.733. The summed E-state index contributed by atoms with van der Waals surface area (Å²) in [5, 5.41) is 14.6. The molecular formula is C15H24N6O4. The summed E-state index contributed by atoms with van der Waals surface area (Å²) in [5.41, 5.74) is 5.60. The highest BCUT2D eigenvalue weighted by atomic mass is 16.6. The van der Waals surface area contributed by atoms with Crippen LogP contribution in [0, 0.1) is 10.1 Å². The second-order valence-electron chi connectivity index (χ2n) is 6.54. The van der Waals surface area contributed by atoms with E-state index in [1.54, 1.807) is 0 Å². The maximum atomic E-state index is 11.5. The molecule has 10 heteroatoms. The quantitative estimate of drug-likeness (QED) is 0.592. The lowest BCUT2D eigenvalue weighted by Gasteiger charge is -2.35. The summed E-state index contributed by atoms with van der Waals surface area (Å²) in [6.07, 6.45) is 2.00. The van der Waals surface area contributed by atoms with Crippen LogP contribution in [0.1, 0.15) is 26.7 Å². The van der Waals surface area contributed by atoms with Gasteiger partial charge >= 0.3 is 5.69 Å². The minimum atomic E-state index is -0.528. The molecule has 0 spiro atoms. The van der Waals surface area contributed by atoms with Gasteiger partial charge in [0.2, 0.25) is 17.6 Å². The van der Waals surface area contributed by atoms with Crippen molar-refractivity contribution >= 4 is 23.3 Å². The summed E-state index contributed by atoms with van der Waals surface area (Å²) in [7, 11) is 0. The molecular weight excluding hydrogens is 328 g/mol. The number of anilines is 3. The molecule has 0 saturated carbocycles. The molecule has 3 N–H and O–H groups in total. The molecule has 25 heavy (non-hydrogen) atoms. The number of rotatable bonds is 5. The van der Waals surface area contributed by atoms with Crippen LogP contribution < -0.4 is 16.0 Å². The molecule has 3 heterocycles. The molecule has 3 atom stereocenters. The Kier molecular flexibility index (Phi) is 5.19. The molecule has 2 aliphatic rings. The number of nitrogen functional groups attached to an aromatic ring is 1. The molecule has 2 aliphatic heterocycles. The monoisotopic (exact) mass is 352 g/mol. The summed E-state index contributed by atoms with van der Waals surface area (Å²) >= 11 is 0. The third-order valence-corrected chi connectivity index (χ3v) is 4.31. The normalized spacial score (nSPS) is 26.6. The van der Waals surface area contributed by atoms with Crippen LogP contribution in [-0.4, -0.2) is 59.4 Å². The maximum absolute atomic E-state index is 11.5. The van der Waals surface area contributed by atoms with Crippen LogP contribution in [0.25, 0.3) is 0 Å². The van der Waals surface area contributed by atoms with Gasteiger partial charge in [-0.2, -0.15) is 9.97 Å². The summed E-state index contributed by atoms with van der Waals surface area (Å²) in [4.78, 5) is 21.2. The van der Waals surface area contributed by atoms with E-state index in [4.69, 9.17) is 15.2 Å². The summed E-state index contributed by atoms with van der Waals surface area (Å²) in [5.74, 6) is 0.367. The van der Waals surface area contributed by atoms with Gasteiger partial charge in [-0.3, -0.25) is 10.1 Å². The van der Waals surface area contributed by atoms with E-state index in [0.717, 1.165) is 19.4 Å². The Bertz CT molecular complexity index is 627. The maximum Gasteiger partial charge on any atom is 0.353 e. The zero-order valence-electron chi connectivity index (χ0n) is 14.5. The minimum absolute atomic E-state index is 0.0529. The number of hydrogen-bond donors (Lipinski definition) is 2. The molecule has 2 saturated heterocycles. The highest BCUT2D eigenvalue weighted by Gasteiger charge is 2.32. The number of hydrogen-bond acceptors (Lipinski definition) is 9. The molecule has 138 valence electrons. The average molecular weight is 352 g/mol. The standard InChI is InChI=1S/C15H24N6O4/c1-9-7-20(8-10(2)25-9)14-12(21(22)23)13(16)18-15(19-14)17-6-11-4-3-5-24-11/h9-11H,3-8H2,1-2H3,(H3,16,17,18,19). The zero-order valence-corrected chi connectivity index (χ0v) is 14.5. The Labute approximate surface area is 145 Å². The van der Waals surface area contributed by atoms with Gasteiger partial charge < -0.3 is 25.4 Å². The van der Waals surface area contributed by atoms with Gasteiger partial charge in [-0.05, 0) is 26.7 Å². The number of nitrogens with one attached hydrogen (secondary N) is 1. The van der Waals surface area contributed by atoms with Gasteiger partial charge in [-0.1, -0.05) is 0 Å². The molecule has 0 amide bonds. The van der Waals surface area contributed by atoms with Crippen molar-refractivity contribution in [2.24, 2.45) is 0 Å². The number of nitrogens with zero attached hydrogens (tertiary/aromatic N) is 4. The van der Waals surface area contributed by atoms with Crippen molar-refractivity contribution in [2.75, 3.05) is 42.2 Å². The van der Waals surface area contributed by atoms with E-state index in [0.29, 0.717) is 19.6 Å². The van der Waals surface area contributed by atoms with Crippen molar-refractivity contribution in [3.05, 3.63) is 10.1 Å². The highest BCUT2D eigenvalue weighted by Crippen LogP contribution is 2.33. The first-order valence-corrected chi connectivity index (χ1v) is 8.51. The number of nitro groups is 1. The number of nitrogens with two attached hydrogens (primary N) is 1. The third-order valence-electron chi connectivity index (χ3n) is 4.31. The van der Waals surface area contributed by atoms with Crippen LogP contribution >= 0.6 is 0 Å². The lowest BCUT2D eigenvalue weighted by atomic mass is 10.2. The first-order chi connectivity index (χ1) is 11.9. The van der Waals surface area contributed by atoms with E-state index in [9.17, 15) is 10.1 Å². The first kappa shape index (κ1) is 17.6. The summed E-state index contributed by atoms with van der Waals surface area (Å²) in [6.45, 7) is 6.17. The van der Waals surface area contributed by atoms with Gasteiger partial charge in [-0.15, -0.1) is 0 Å². The van der Waals surface area contributed by atoms with E-state index in [-0.39, 0.29) is 41.6 Å². The van der Waals surface area contributed by atoms with Gasteiger partial charge in [0.1, 0.15) is 0 Å². The molecule has 1 aromatic rings. The van der Waals surface area contributed by atoms with Crippen molar-refractivity contribution < 1.29 is 14.4 Å². The third kappa shape index (κ3) is 4.07. The van der Waals surface area contributed by atoms with Gasteiger partial charge in [0.25, 0.3) is 0 Å². The molecule has 0 aromatic carbocycles. The Hall–Kier alpha value is -2.20. The van der Waals surface area contributed by atoms with Crippen LogP contribution in [0.4, 0.5) is 23.3 Å². The smallest absolute Gasteiger partial charge is 0.353 e. The molecule has 0 radical (unpaired) electrons. The summed E-state index contributed by atoms with van der Waals surface area (Å²) in [6, 6.07) is 0. The van der Waals surface area contributed by atoms with Gasteiger partial charge in [0.15, 0.2) is 0 Å². The lowest BCUT2D eigenvalue weighted by Crippen LogP contribution is -2.46. The van der Waals surface area contributed by atoms with E-state index < -0.39 is 4.92 Å². The Morgan fingerprint density at radius 3 is 2.68 bits per heavy atom. The van der Waals surface area contributed by atoms with Crippen molar-refractivity contribution in [2.45, 2.75) is 45.0 Å². The van der Waals surface area contributed by atoms with Gasteiger partial charge in [0.05, 0.1) is 23.2 Å². The van der Waals surface area contributed by atoms with Crippen LogP contribution in [0.5, 0.6) is 0 Å². The summed E-state index contributed by atoms with van der Waals surface area (Å²) < 4.78 is 11.3. The Balaban J connectivity index is 1.86. The van der Waals surface area contributed by atoms with Crippen LogP contribution in [0.15, 0.2) is 0 Å². The van der Waals surface area contributed by atoms with Crippen LogP contribution in [0.3, 0.4) is 0 Å². The second kappa shape index (κ2) is 7.36. The predicted molar refractivity (Wildman–Crippen MR) is 92.8 cm³/mol. The number of aromatic nitrogens is 2. The fourth-order valence-corrected chi connectivity index (χ4v) is 3.30. The topological polar surface area (TPSA) is 129 Å². The fourth-order valence-electron chi connectivity index (χ4n) is 3.30. The molecule has 3 unspecified atom stereocenters.